The van der Waals surface area contributed by atoms with Gasteiger partial charge in [-0.25, -0.2) is 0 Å². The van der Waals surface area contributed by atoms with Crippen molar-refractivity contribution in [3.05, 3.63) is 48.7 Å². The number of ketones is 1. The van der Waals surface area contributed by atoms with Gasteiger partial charge in [0.2, 0.25) is 11.8 Å². The van der Waals surface area contributed by atoms with Gasteiger partial charge in [-0.15, -0.1) is 0 Å². The molecule has 8 heteroatoms. The van der Waals surface area contributed by atoms with Crippen LogP contribution in [-0.4, -0.2) is 58.1 Å². The second-order valence-corrected chi connectivity index (χ2v) is 13.2. The summed E-state index contributed by atoms with van der Waals surface area (Å²) < 4.78 is 0. The average molecular weight is 535 g/mol. The second kappa shape index (κ2) is 10.3. The van der Waals surface area contributed by atoms with Crippen molar-refractivity contribution in [2.75, 3.05) is 6.54 Å². The van der Waals surface area contributed by atoms with Crippen molar-refractivity contribution < 1.29 is 19.2 Å². The smallest absolute Gasteiger partial charge is 0.268 e. The number of likely N-dealkylation sites (tertiary alicyclic amines) is 1. The van der Waals surface area contributed by atoms with Crippen LogP contribution in [0.1, 0.15) is 65.4 Å². The molecule has 0 unspecified atom stereocenters. The van der Waals surface area contributed by atoms with Crippen LogP contribution in [0.4, 0.5) is 0 Å². The summed E-state index contributed by atoms with van der Waals surface area (Å²) in [6.07, 6.45) is 1.67. The minimum absolute atomic E-state index is 0.00925. The summed E-state index contributed by atoms with van der Waals surface area (Å²) in [5.41, 5.74) is 0.615. The van der Waals surface area contributed by atoms with E-state index >= 15 is 0 Å². The van der Waals surface area contributed by atoms with Crippen LogP contribution in [0.3, 0.4) is 0 Å². The number of nitrogens with one attached hydrogen (secondary N) is 3. The Bertz CT molecular complexity index is 1270. The van der Waals surface area contributed by atoms with Crippen molar-refractivity contribution in [3.8, 4) is 0 Å². The molecule has 2 aromatic rings. The molecule has 0 radical (unpaired) electrons. The van der Waals surface area contributed by atoms with E-state index < -0.39 is 23.5 Å². The Morgan fingerprint density at radius 3 is 2.41 bits per heavy atom. The number of nitrogens with zero attached hydrogens (tertiary/aromatic N) is 1. The summed E-state index contributed by atoms with van der Waals surface area (Å²) >= 11 is 0. The van der Waals surface area contributed by atoms with Crippen molar-refractivity contribution >= 4 is 34.4 Å². The first-order valence-corrected chi connectivity index (χ1v) is 13.8. The molecule has 3 N–H and O–H groups in total. The highest BCUT2D eigenvalue weighted by Gasteiger charge is 2.69. The Morgan fingerprint density at radius 1 is 1.15 bits per heavy atom. The summed E-state index contributed by atoms with van der Waals surface area (Å²) in [6.45, 7) is 17.9. The lowest BCUT2D eigenvalue weighted by atomic mass is 9.83. The third-order valence-electron chi connectivity index (χ3n) is 8.48. The SMILES string of the molecule is C=CC(=O)[C@@H](NC(=O)[C@@H]1[C@@H]2[C@H](CN1C(=O)[C@H](CC(C)C)NC(=O)c1cc3ccccc3[nH]1)C2(C)C)C(C)(C)C. The first kappa shape index (κ1) is 28.6. The second-order valence-electron chi connectivity index (χ2n) is 13.2. The lowest BCUT2D eigenvalue weighted by Crippen LogP contribution is -2.59. The van der Waals surface area contributed by atoms with Crippen LogP contribution in [0.5, 0.6) is 0 Å². The topological polar surface area (TPSA) is 111 Å². The number of amides is 3. The lowest BCUT2D eigenvalue weighted by Gasteiger charge is -2.36. The maximum Gasteiger partial charge on any atom is 0.268 e. The molecular formula is C31H42N4O4. The van der Waals surface area contributed by atoms with Gasteiger partial charge in [0.25, 0.3) is 5.91 Å². The van der Waals surface area contributed by atoms with E-state index in [2.05, 4.69) is 36.0 Å². The van der Waals surface area contributed by atoms with Gasteiger partial charge in [-0.05, 0) is 53.2 Å². The Morgan fingerprint density at radius 2 is 1.82 bits per heavy atom. The summed E-state index contributed by atoms with van der Waals surface area (Å²) in [5.74, 6) is -0.907. The molecule has 39 heavy (non-hydrogen) atoms. The van der Waals surface area contributed by atoms with Crippen molar-refractivity contribution in [3.63, 3.8) is 0 Å². The number of rotatable bonds is 9. The number of aromatic nitrogens is 1. The molecule has 1 saturated heterocycles. The van der Waals surface area contributed by atoms with Crippen LogP contribution >= 0.6 is 0 Å². The maximum absolute atomic E-state index is 14.0. The number of para-hydroxylation sites is 1. The fourth-order valence-corrected chi connectivity index (χ4v) is 6.20. The summed E-state index contributed by atoms with van der Waals surface area (Å²) in [5, 5.41) is 6.80. The number of hydrogen-bond donors (Lipinski definition) is 3. The molecule has 1 saturated carbocycles. The Hall–Kier alpha value is -3.42. The van der Waals surface area contributed by atoms with E-state index in [1.165, 1.54) is 6.08 Å². The van der Waals surface area contributed by atoms with Crippen molar-refractivity contribution in [2.45, 2.75) is 73.0 Å². The van der Waals surface area contributed by atoms with Gasteiger partial charge in [0, 0.05) is 17.4 Å². The van der Waals surface area contributed by atoms with Gasteiger partial charge in [0.1, 0.15) is 17.8 Å². The molecule has 3 amide bonds. The van der Waals surface area contributed by atoms with E-state index in [1.54, 1.807) is 11.0 Å². The number of hydrogen-bond acceptors (Lipinski definition) is 4. The number of carbonyl (C=O) groups is 4. The van der Waals surface area contributed by atoms with E-state index in [4.69, 9.17) is 0 Å². The van der Waals surface area contributed by atoms with Crippen LogP contribution < -0.4 is 10.6 Å². The third-order valence-corrected chi connectivity index (χ3v) is 8.48. The number of carbonyl (C=O) groups excluding carboxylic acids is 4. The fourth-order valence-electron chi connectivity index (χ4n) is 6.20. The lowest BCUT2D eigenvalue weighted by molar-refractivity contribution is -0.143. The van der Waals surface area contributed by atoms with Crippen molar-refractivity contribution in [2.24, 2.45) is 28.6 Å². The van der Waals surface area contributed by atoms with Gasteiger partial charge in [0.15, 0.2) is 5.78 Å². The quantitative estimate of drug-likeness (QED) is 0.421. The van der Waals surface area contributed by atoms with E-state index in [0.717, 1.165) is 10.9 Å². The third kappa shape index (κ3) is 5.52. The Balaban J connectivity index is 1.58. The standard InChI is InChI=1S/C31H42N4O4/c1-9-23(36)26(30(4,5)6)34-28(38)25-24-19(31(24,7)8)16-35(25)29(39)22(14-17(2)3)33-27(37)21-15-18-12-10-11-13-20(18)32-21/h9-13,15,17,19,22,24-26,32H,1,14,16H2,2-8H3,(H,33,37)(H,34,38)/t19-,22-,24-,25-,26+/m0/s1. The molecule has 210 valence electrons. The summed E-state index contributed by atoms with van der Waals surface area (Å²) in [4.78, 5) is 58.4. The monoisotopic (exact) mass is 534 g/mol. The predicted molar refractivity (Wildman–Crippen MR) is 152 cm³/mol. The normalized spacial score (nSPS) is 23.2. The number of fused-ring (bicyclic) bond motifs is 2. The molecule has 2 aliphatic rings. The zero-order chi connectivity index (χ0) is 28.9. The van der Waals surface area contributed by atoms with E-state index in [0.29, 0.717) is 18.7 Å². The highest BCUT2D eigenvalue weighted by molar-refractivity contribution is 6.02. The Kier molecular flexibility index (Phi) is 7.54. The van der Waals surface area contributed by atoms with Crippen LogP contribution in [0, 0.1) is 28.6 Å². The number of H-pyrrole nitrogens is 1. The molecule has 1 aromatic heterocycles. The van der Waals surface area contributed by atoms with Gasteiger partial charge in [0.05, 0.1) is 6.04 Å². The molecule has 4 rings (SSSR count). The van der Waals surface area contributed by atoms with Crippen molar-refractivity contribution in [1.82, 2.24) is 20.5 Å². The van der Waals surface area contributed by atoms with Crippen LogP contribution in [0.15, 0.2) is 43.0 Å². The van der Waals surface area contributed by atoms with Crippen molar-refractivity contribution in [1.29, 1.82) is 0 Å². The highest BCUT2D eigenvalue weighted by atomic mass is 16.2. The molecule has 0 bridgehead atoms. The first-order valence-electron chi connectivity index (χ1n) is 13.8. The van der Waals surface area contributed by atoms with E-state index in [-0.39, 0.29) is 46.7 Å². The zero-order valence-corrected chi connectivity index (χ0v) is 24.1. The summed E-state index contributed by atoms with van der Waals surface area (Å²) in [6, 6.07) is 7.13. The first-order chi connectivity index (χ1) is 18.2. The van der Waals surface area contributed by atoms with Crippen LogP contribution in [0.2, 0.25) is 0 Å². The summed E-state index contributed by atoms with van der Waals surface area (Å²) in [7, 11) is 0. The largest absolute Gasteiger partial charge is 0.351 e. The van der Waals surface area contributed by atoms with Gasteiger partial charge in [-0.3, -0.25) is 19.2 Å². The zero-order valence-electron chi connectivity index (χ0n) is 24.1. The minimum Gasteiger partial charge on any atom is -0.351 e. The van der Waals surface area contributed by atoms with E-state index in [9.17, 15) is 19.2 Å². The fraction of sp³-hybridized carbons (Fsp3) is 0.548. The minimum atomic E-state index is -0.784. The predicted octanol–water partition coefficient (Wildman–Crippen LogP) is 4.08. The van der Waals surface area contributed by atoms with Crippen LogP contribution in [-0.2, 0) is 14.4 Å². The van der Waals surface area contributed by atoms with Crippen LogP contribution in [0.25, 0.3) is 10.9 Å². The van der Waals surface area contributed by atoms with E-state index in [1.807, 2.05) is 58.9 Å². The molecule has 1 aliphatic carbocycles. The number of benzene rings is 1. The number of piperidine rings is 1. The van der Waals surface area contributed by atoms with Gasteiger partial charge < -0.3 is 20.5 Å². The molecular weight excluding hydrogens is 492 g/mol. The molecule has 8 nitrogen and oxygen atoms in total. The van der Waals surface area contributed by atoms with Gasteiger partial charge in [-0.2, -0.15) is 0 Å². The molecule has 1 aliphatic heterocycles. The molecule has 0 spiro atoms. The van der Waals surface area contributed by atoms with Gasteiger partial charge in [-0.1, -0.05) is 73.2 Å². The Labute approximate surface area is 231 Å². The molecule has 2 heterocycles. The maximum atomic E-state index is 14.0. The number of aromatic amines is 1. The highest BCUT2D eigenvalue weighted by Crippen LogP contribution is 2.65. The molecule has 1 aromatic carbocycles. The molecule has 5 atom stereocenters. The molecule has 2 fully saturated rings. The average Bonchev–Trinajstić information content (AvgIpc) is 3.23. The van der Waals surface area contributed by atoms with Gasteiger partial charge >= 0.3 is 0 Å².